The summed E-state index contributed by atoms with van der Waals surface area (Å²) >= 11 is 0. The first kappa shape index (κ1) is 18.4. The van der Waals surface area contributed by atoms with E-state index in [9.17, 15) is 0 Å². The number of nitrogens with one attached hydrogen (secondary N) is 1. The fraction of sp³-hybridized carbons (Fsp3) is 0.520. The molecule has 3 aliphatic rings. The van der Waals surface area contributed by atoms with Crippen LogP contribution in [0.25, 0.3) is 0 Å². The van der Waals surface area contributed by atoms with E-state index in [0.29, 0.717) is 12.0 Å². The normalized spacial score (nSPS) is 32.6. The Kier molecular flexibility index (Phi) is 5.48. The molecule has 0 radical (unpaired) electrons. The second-order valence-corrected chi connectivity index (χ2v) is 8.95. The average Bonchev–Trinajstić information content (AvgIpc) is 3.44. The zero-order valence-electron chi connectivity index (χ0n) is 16.7. The van der Waals surface area contributed by atoms with Gasteiger partial charge in [-0.3, -0.25) is 4.90 Å². The fourth-order valence-corrected chi connectivity index (χ4v) is 5.74. The molecule has 5 atom stereocenters. The van der Waals surface area contributed by atoms with Crippen LogP contribution in [-0.2, 0) is 11.3 Å². The van der Waals surface area contributed by atoms with Gasteiger partial charge in [0.25, 0.3) is 0 Å². The molecule has 1 N–H and O–H groups in total. The molecule has 2 aliphatic heterocycles. The molecule has 0 amide bonds. The molecular weight excluding hydrogens is 344 g/mol. The zero-order chi connectivity index (χ0) is 18.8. The lowest BCUT2D eigenvalue weighted by atomic mass is 9.93. The van der Waals surface area contributed by atoms with Crippen LogP contribution in [0.4, 0.5) is 0 Å². The number of rotatable bonds is 6. The molecular formula is C25H32N2O. The van der Waals surface area contributed by atoms with Gasteiger partial charge in [-0.1, -0.05) is 60.7 Å². The maximum absolute atomic E-state index is 6.09. The minimum absolute atomic E-state index is 0.268. The van der Waals surface area contributed by atoms with E-state index < -0.39 is 0 Å². The van der Waals surface area contributed by atoms with Gasteiger partial charge in [-0.2, -0.15) is 0 Å². The van der Waals surface area contributed by atoms with Gasteiger partial charge >= 0.3 is 0 Å². The third kappa shape index (κ3) is 3.89. The van der Waals surface area contributed by atoms with Crippen LogP contribution >= 0.6 is 0 Å². The minimum Gasteiger partial charge on any atom is -0.373 e. The minimum atomic E-state index is 0.268. The van der Waals surface area contributed by atoms with Gasteiger partial charge in [0.2, 0.25) is 0 Å². The van der Waals surface area contributed by atoms with Crippen molar-refractivity contribution in [2.75, 3.05) is 26.2 Å². The highest BCUT2D eigenvalue weighted by Gasteiger charge is 2.42. The molecule has 2 saturated heterocycles. The quantitative estimate of drug-likeness (QED) is 0.815. The standard InChI is InChI=1S/C25H32N2O/c1-3-7-19(8-4-1)16-27-17-22-11-12-24(23(22)18-27)26-15-21-13-14-28-25(21)20-9-5-2-6-10-20/h1-10,21-26H,11-18H2. The summed E-state index contributed by atoms with van der Waals surface area (Å²) < 4.78 is 6.09. The van der Waals surface area contributed by atoms with Gasteiger partial charge in [-0.15, -0.1) is 0 Å². The Bertz CT molecular complexity index is 750. The molecule has 28 heavy (non-hydrogen) atoms. The number of likely N-dealkylation sites (tertiary alicyclic amines) is 1. The van der Waals surface area contributed by atoms with Crippen LogP contribution in [0.5, 0.6) is 0 Å². The molecule has 1 saturated carbocycles. The summed E-state index contributed by atoms with van der Waals surface area (Å²) in [6.45, 7) is 5.62. The van der Waals surface area contributed by atoms with Gasteiger partial charge in [0.1, 0.15) is 0 Å². The Morgan fingerprint density at radius 1 is 0.893 bits per heavy atom. The Labute approximate surface area is 169 Å². The number of nitrogens with zero attached hydrogens (tertiary/aromatic N) is 1. The van der Waals surface area contributed by atoms with Crippen molar-refractivity contribution in [2.45, 2.75) is 38.0 Å². The lowest BCUT2D eigenvalue weighted by molar-refractivity contribution is 0.0893. The molecule has 3 fully saturated rings. The molecule has 0 bridgehead atoms. The number of hydrogen-bond donors (Lipinski definition) is 1. The van der Waals surface area contributed by atoms with Crippen LogP contribution in [0, 0.1) is 17.8 Å². The molecule has 5 rings (SSSR count). The molecule has 0 aromatic heterocycles. The summed E-state index contributed by atoms with van der Waals surface area (Å²) in [5.74, 6) is 2.30. The van der Waals surface area contributed by atoms with Gasteiger partial charge in [0, 0.05) is 44.7 Å². The van der Waals surface area contributed by atoms with E-state index >= 15 is 0 Å². The summed E-state index contributed by atoms with van der Waals surface area (Å²) in [6, 6.07) is 22.4. The number of hydrogen-bond acceptors (Lipinski definition) is 3. The summed E-state index contributed by atoms with van der Waals surface area (Å²) in [4.78, 5) is 2.67. The lowest BCUT2D eigenvalue weighted by Gasteiger charge is -2.25. The van der Waals surface area contributed by atoms with E-state index in [1.54, 1.807) is 0 Å². The number of benzene rings is 2. The second kappa shape index (κ2) is 8.36. The van der Waals surface area contributed by atoms with E-state index in [0.717, 1.165) is 31.5 Å². The lowest BCUT2D eigenvalue weighted by Crippen LogP contribution is -2.39. The van der Waals surface area contributed by atoms with Crippen molar-refractivity contribution in [3.8, 4) is 0 Å². The highest BCUT2D eigenvalue weighted by molar-refractivity contribution is 5.19. The van der Waals surface area contributed by atoms with Gasteiger partial charge in [0.05, 0.1) is 6.10 Å². The van der Waals surface area contributed by atoms with Crippen LogP contribution in [0.15, 0.2) is 60.7 Å². The molecule has 5 unspecified atom stereocenters. The first-order chi connectivity index (χ1) is 13.9. The van der Waals surface area contributed by atoms with Crippen molar-refractivity contribution in [3.05, 3.63) is 71.8 Å². The van der Waals surface area contributed by atoms with Crippen LogP contribution in [0.1, 0.15) is 36.5 Å². The Morgan fingerprint density at radius 2 is 1.68 bits per heavy atom. The summed E-state index contributed by atoms with van der Waals surface area (Å²) in [7, 11) is 0. The second-order valence-electron chi connectivity index (χ2n) is 8.95. The fourth-order valence-electron chi connectivity index (χ4n) is 5.74. The topological polar surface area (TPSA) is 24.5 Å². The van der Waals surface area contributed by atoms with E-state index in [1.807, 2.05) is 0 Å². The summed E-state index contributed by atoms with van der Waals surface area (Å²) in [5, 5.41) is 3.97. The van der Waals surface area contributed by atoms with E-state index in [2.05, 4.69) is 70.9 Å². The zero-order valence-corrected chi connectivity index (χ0v) is 16.7. The highest BCUT2D eigenvalue weighted by Crippen LogP contribution is 2.40. The Morgan fingerprint density at radius 3 is 2.50 bits per heavy atom. The van der Waals surface area contributed by atoms with Crippen molar-refractivity contribution in [1.29, 1.82) is 0 Å². The molecule has 2 aromatic carbocycles. The summed E-state index contributed by atoms with van der Waals surface area (Å²) in [5.41, 5.74) is 2.78. The van der Waals surface area contributed by atoms with Crippen molar-refractivity contribution in [1.82, 2.24) is 10.2 Å². The van der Waals surface area contributed by atoms with Crippen LogP contribution < -0.4 is 5.32 Å². The van der Waals surface area contributed by atoms with Crippen molar-refractivity contribution in [3.63, 3.8) is 0 Å². The van der Waals surface area contributed by atoms with Gasteiger partial charge in [0.15, 0.2) is 0 Å². The maximum atomic E-state index is 6.09. The first-order valence-electron chi connectivity index (χ1n) is 11.0. The average molecular weight is 377 g/mol. The van der Waals surface area contributed by atoms with Crippen molar-refractivity contribution in [2.24, 2.45) is 17.8 Å². The predicted octanol–water partition coefficient (Wildman–Crippen LogP) is 4.26. The third-order valence-electron chi connectivity index (χ3n) is 7.17. The first-order valence-corrected chi connectivity index (χ1v) is 11.0. The Hall–Kier alpha value is -1.68. The molecule has 148 valence electrons. The van der Waals surface area contributed by atoms with Gasteiger partial charge in [-0.25, -0.2) is 0 Å². The van der Waals surface area contributed by atoms with Crippen LogP contribution in [-0.4, -0.2) is 37.2 Å². The van der Waals surface area contributed by atoms with E-state index in [-0.39, 0.29) is 6.10 Å². The number of fused-ring (bicyclic) bond motifs is 1. The van der Waals surface area contributed by atoms with E-state index in [4.69, 9.17) is 4.74 Å². The molecule has 3 nitrogen and oxygen atoms in total. The molecule has 0 spiro atoms. The third-order valence-corrected chi connectivity index (χ3v) is 7.17. The van der Waals surface area contributed by atoms with Gasteiger partial charge < -0.3 is 10.1 Å². The molecule has 1 aliphatic carbocycles. The summed E-state index contributed by atoms with van der Waals surface area (Å²) in [6.07, 6.45) is 4.17. The molecule has 3 heteroatoms. The Balaban J connectivity index is 1.16. The molecule has 2 heterocycles. The van der Waals surface area contributed by atoms with Crippen molar-refractivity contribution >= 4 is 0 Å². The SMILES string of the molecule is c1ccc(CN2CC3CCC(NCC4CCOC4c4ccccc4)C3C2)cc1. The highest BCUT2D eigenvalue weighted by atomic mass is 16.5. The predicted molar refractivity (Wildman–Crippen MR) is 113 cm³/mol. The largest absolute Gasteiger partial charge is 0.373 e. The van der Waals surface area contributed by atoms with Crippen molar-refractivity contribution < 1.29 is 4.74 Å². The maximum Gasteiger partial charge on any atom is 0.0866 e. The van der Waals surface area contributed by atoms with Crippen LogP contribution in [0.3, 0.4) is 0 Å². The van der Waals surface area contributed by atoms with Crippen LogP contribution in [0.2, 0.25) is 0 Å². The smallest absolute Gasteiger partial charge is 0.0866 e. The van der Waals surface area contributed by atoms with Gasteiger partial charge in [-0.05, 0) is 42.2 Å². The van der Waals surface area contributed by atoms with E-state index in [1.165, 1.54) is 43.5 Å². The molecule has 2 aromatic rings. The number of ether oxygens (including phenoxy) is 1. The monoisotopic (exact) mass is 376 g/mol.